The van der Waals surface area contributed by atoms with Crippen LogP contribution in [0.15, 0.2) is 36.8 Å². The summed E-state index contributed by atoms with van der Waals surface area (Å²) in [5.41, 5.74) is 0.983. The van der Waals surface area contributed by atoms with E-state index in [4.69, 9.17) is 5.11 Å². The molecular formula is C16H14N4O4. The first-order chi connectivity index (χ1) is 11.6. The monoisotopic (exact) mass is 326 g/mol. The van der Waals surface area contributed by atoms with Crippen LogP contribution in [0.5, 0.6) is 0 Å². The van der Waals surface area contributed by atoms with E-state index in [0.29, 0.717) is 24.2 Å². The number of aliphatic hydroxyl groups excluding tert-OH is 1. The molecule has 8 heteroatoms. The van der Waals surface area contributed by atoms with Gasteiger partial charge in [-0.2, -0.15) is 0 Å². The molecule has 2 aromatic rings. The van der Waals surface area contributed by atoms with Gasteiger partial charge in [0.05, 0.1) is 11.3 Å². The molecule has 0 saturated heterocycles. The molecule has 0 radical (unpaired) electrons. The zero-order chi connectivity index (χ0) is 17.1. The van der Waals surface area contributed by atoms with Gasteiger partial charge in [-0.15, -0.1) is 0 Å². The lowest BCUT2D eigenvalue weighted by Gasteiger charge is -2.14. The van der Waals surface area contributed by atoms with Crippen LogP contribution in [0.1, 0.15) is 37.6 Å². The first-order valence-electron chi connectivity index (χ1n) is 7.31. The van der Waals surface area contributed by atoms with E-state index in [1.165, 1.54) is 36.8 Å². The Balaban J connectivity index is 1.79. The largest absolute Gasteiger partial charge is 0.396 e. The molecule has 0 saturated carbocycles. The van der Waals surface area contributed by atoms with Crippen molar-refractivity contribution >= 4 is 23.4 Å². The Morgan fingerprint density at radius 3 is 2.58 bits per heavy atom. The van der Waals surface area contributed by atoms with Crippen molar-refractivity contribution < 1.29 is 19.5 Å². The summed E-state index contributed by atoms with van der Waals surface area (Å²) in [6.07, 6.45) is 3.00. The smallest absolute Gasteiger partial charge is 0.284 e. The number of nitrogens with zero attached hydrogens (tertiary/aromatic N) is 3. The zero-order valence-corrected chi connectivity index (χ0v) is 12.6. The van der Waals surface area contributed by atoms with Crippen molar-refractivity contribution in [3.8, 4) is 0 Å². The van der Waals surface area contributed by atoms with Gasteiger partial charge in [-0.3, -0.25) is 14.4 Å². The summed E-state index contributed by atoms with van der Waals surface area (Å²) in [7, 11) is 0. The van der Waals surface area contributed by atoms with Crippen LogP contribution in [-0.4, -0.2) is 45.9 Å². The standard InChI is InChI=1S/C16H14N4O4/c21-7-1-6-18-14(22)10-2-4-11(5-3-10)20-15(23)12-8-17-9-19-13(12)16(20)24/h2-5,8-9,21H,1,6-7H2,(H,18,22). The van der Waals surface area contributed by atoms with Crippen molar-refractivity contribution in [1.82, 2.24) is 15.3 Å². The van der Waals surface area contributed by atoms with Crippen molar-refractivity contribution in [2.24, 2.45) is 0 Å². The fraction of sp³-hybridized carbons (Fsp3) is 0.188. The van der Waals surface area contributed by atoms with Crippen LogP contribution in [0.3, 0.4) is 0 Å². The second-order valence-electron chi connectivity index (χ2n) is 5.11. The molecule has 1 aliphatic heterocycles. The second kappa shape index (κ2) is 6.55. The summed E-state index contributed by atoms with van der Waals surface area (Å²) < 4.78 is 0. The van der Waals surface area contributed by atoms with Gasteiger partial charge in [0.15, 0.2) is 0 Å². The molecule has 1 aromatic carbocycles. The normalized spacial score (nSPS) is 13.1. The number of aliphatic hydroxyl groups is 1. The molecule has 1 aromatic heterocycles. The molecular weight excluding hydrogens is 312 g/mol. The highest BCUT2D eigenvalue weighted by Gasteiger charge is 2.38. The molecule has 24 heavy (non-hydrogen) atoms. The molecule has 0 atom stereocenters. The summed E-state index contributed by atoms with van der Waals surface area (Å²) in [5, 5.41) is 11.4. The Kier molecular flexibility index (Phi) is 4.30. The first-order valence-corrected chi connectivity index (χ1v) is 7.31. The molecule has 122 valence electrons. The van der Waals surface area contributed by atoms with E-state index in [0.717, 1.165) is 4.90 Å². The molecule has 0 bridgehead atoms. The van der Waals surface area contributed by atoms with Gasteiger partial charge < -0.3 is 10.4 Å². The van der Waals surface area contributed by atoms with Crippen molar-refractivity contribution in [1.29, 1.82) is 0 Å². The number of benzene rings is 1. The van der Waals surface area contributed by atoms with Gasteiger partial charge in [0.2, 0.25) is 0 Å². The maximum atomic E-state index is 12.3. The highest BCUT2D eigenvalue weighted by molar-refractivity contribution is 6.33. The lowest BCUT2D eigenvalue weighted by atomic mass is 10.2. The third kappa shape index (κ3) is 2.74. The van der Waals surface area contributed by atoms with Gasteiger partial charge in [0, 0.05) is 24.9 Å². The summed E-state index contributed by atoms with van der Waals surface area (Å²) >= 11 is 0. The van der Waals surface area contributed by atoms with E-state index in [1.807, 2.05) is 0 Å². The quantitative estimate of drug-likeness (QED) is 0.607. The van der Waals surface area contributed by atoms with Gasteiger partial charge in [-0.05, 0) is 30.7 Å². The fourth-order valence-corrected chi connectivity index (χ4v) is 2.35. The van der Waals surface area contributed by atoms with Gasteiger partial charge in [-0.1, -0.05) is 0 Å². The Hall–Kier alpha value is -3.13. The zero-order valence-electron chi connectivity index (χ0n) is 12.6. The number of carbonyl (C=O) groups excluding carboxylic acids is 3. The van der Waals surface area contributed by atoms with E-state index in [1.54, 1.807) is 0 Å². The minimum absolute atomic E-state index is 0.00184. The van der Waals surface area contributed by atoms with Crippen LogP contribution in [-0.2, 0) is 0 Å². The number of hydrogen-bond donors (Lipinski definition) is 2. The lowest BCUT2D eigenvalue weighted by molar-refractivity contribution is 0.0921. The van der Waals surface area contributed by atoms with E-state index in [2.05, 4.69) is 15.3 Å². The number of carbonyl (C=O) groups is 3. The van der Waals surface area contributed by atoms with Gasteiger partial charge in [-0.25, -0.2) is 14.9 Å². The predicted octanol–water partition coefficient (Wildman–Crippen LogP) is 0.389. The lowest BCUT2D eigenvalue weighted by Crippen LogP contribution is -2.29. The molecule has 0 aliphatic carbocycles. The number of imide groups is 1. The Bertz CT molecular complexity index is 769. The van der Waals surface area contributed by atoms with Crippen LogP contribution < -0.4 is 10.2 Å². The average molecular weight is 326 g/mol. The molecule has 3 amide bonds. The first kappa shape index (κ1) is 15.8. The number of hydrogen-bond acceptors (Lipinski definition) is 6. The minimum atomic E-state index is -0.516. The number of nitrogens with one attached hydrogen (secondary N) is 1. The molecule has 8 nitrogen and oxygen atoms in total. The van der Waals surface area contributed by atoms with Crippen molar-refractivity contribution in [2.45, 2.75) is 6.42 Å². The van der Waals surface area contributed by atoms with Crippen molar-refractivity contribution in [3.63, 3.8) is 0 Å². The number of fused-ring (bicyclic) bond motifs is 1. The van der Waals surface area contributed by atoms with Crippen LogP contribution in [0, 0.1) is 0 Å². The average Bonchev–Trinajstić information content (AvgIpc) is 2.87. The number of anilines is 1. The van der Waals surface area contributed by atoms with E-state index in [-0.39, 0.29) is 23.8 Å². The number of aromatic nitrogens is 2. The predicted molar refractivity (Wildman–Crippen MR) is 83.7 cm³/mol. The van der Waals surface area contributed by atoms with Gasteiger partial charge in [0.1, 0.15) is 12.0 Å². The summed E-state index contributed by atoms with van der Waals surface area (Å²) in [6, 6.07) is 6.10. The maximum absolute atomic E-state index is 12.3. The third-order valence-corrected chi connectivity index (χ3v) is 3.56. The van der Waals surface area contributed by atoms with Crippen LogP contribution >= 0.6 is 0 Å². The van der Waals surface area contributed by atoms with Crippen molar-refractivity contribution in [2.75, 3.05) is 18.1 Å². The maximum Gasteiger partial charge on any atom is 0.284 e. The summed E-state index contributed by atoms with van der Waals surface area (Å²) in [5.74, 6) is -1.29. The third-order valence-electron chi connectivity index (χ3n) is 3.56. The SMILES string of the molecule is O=C(NCCCO)c1ccc(N2C(=O)c3cncnc3C2=O)cc1. The molecule has 2 heterocycles. The Morgan fingerprint density at radius 2 is 1.92 bits per heavy atom. The topological polar surface area (TPSA) is 112 Å². The number of rotatable bonds is 5. The molecule has 0 spiro atoms. The van der Waals surface area contributed by atoms with E-state index >= 15 is 0 Å². The second-order valence-corrected chi connectivity index (χ2v) is 5.11. The Morgan fingerprint density at radius 1 is 1.17 bits per heavy atom. The summed E-state index contributed by atoms with van der Waals surface area (Å²) in [6.45, 7) is 0.371. The molecule has 1 aliphatic rings. The van der Waals surface area contributed by atoms with Crippen LogP contribution in [0.2, 0.25) is 0 Å². The molecule has 0 fully saturated rings. The fourth-order valence-electron chi connectivity index (χ4n) is 2.35. The van der Waals surface area contributed by atoms with Crippen molar-refractivity contribution in [3.05, 3.63) is 53.6 Å². The Labute approximate surface area is 137 Å². The number of amides is 3. The van der Waals surface area contributed by atoms with E-state index in [9.17, 15) is 14.4 Å². The minimum Gasteiger partial charge on any atom is -0.396 e. The van der Waals surface area contributed by atoms with Crippen LogP contribution in [0.25, 0.3) is 0 Å². The molecule has 0 unspecified atom stereocenters. The van der Waals surface area contributed by atoms with Gasteiger partial charge >= 0.3 is 0 Å². The van der Waals surface area contributed by atoms with E-state index < -0.39 is 11.8 Å². The molecule has 2 N–H and O–H groups in total. The highest BCUT2D eigenvalue weighted by Crippen LogP contribution is 2.26. The highest BCUT2D eigenvalue weighted by atomic mass is 16.3. The molecule has 3 rings (SSSR count). The summed E-state index contributed by atoms with van der Waals surface area (Å²) in [4.78, 5) is 45.2. The van der Waals surface area contributed by atoms with Gasteiger partial charge in [0.25, 0.3) is 17.7 Å². The van der Waals surface area contributed by atoms with Crippen LogP contribution in [0.4, 0.5) is 5.69 Å².